The van der Waals surface area contributed by atoms with Crippen LogP contribution in [0.2, 0.25) is 0 Å². The molecule has 23 heavy (non-hydrogen) atoms. The van der Waals surface area contributed by atoms with Crippen LogP contribution in [0.15, 0.2) is 0 Å². The van der Waals surface area contributed by atoms with Gasteiger partial charge in [0.05, 0.1) is 13.2 Å². The molecule has 0 aromatic heterocycles. The molecule has 1 fully saturated rings. The Bertz CT molecular complexity index is 220. The molecule has 138 valence electrons. The van der Waals surface area contributed by atoms with E-state index in [1.165, 1.54) is 89.9 Å². The lowest BCUT2D eigenvalue weighted by atomic mass is 9.91. The average Bonchev–Trinajstić information content (AvgIpc) is 3.06. The summed E-state index contributed by atoms with van der Waals surface area (Å²) in [6, 6.07) is 0. The minimum absolute atomic E-state index is 0.0974. The third-order valence-electron chi connectivity index (χ3n) is 5.15. The highest BCUT2D eigenvalue weighted by Gasteiger charge is 2.21. The molecule has 2 nitrogen and oxygen atoms in total. The van der Waals surface area contributed by atoms with Crippen molar-refractivity contribution in [2.24, 2.45) is 5.92 Å². The zero-order chi connectivity index (χ0) is 16.6. The molecule has 0 bridgehead atoms. The van der Waals surface area contributed by atoms with E-state index in [0.29, 0.717) is 0 Å². The van der Waals surface area contributed by atoms with Gasteiger partial charge in [-0.25, -0.2) is 0 Å². The maximum atomic E-state index is 5.68. The van der Waals surface area contributed by atoms with Crippen LogP contribution >= 0.6 is 0 Å². The van der Waals surface area contributed by atoms with Gasteiger partial charge in [-0.05, 0) is 5.92 Å². The van der Waals surface area contributed by atoms with E-state index in [1.807, 2.05) is 0 Å². The van der Waals surface area contributed by atoms with E-state index >= 15 is 0 Å². The SMILES string of the molecule is CCCCCCCCC(CCCCCCCC)CC1OCCO1. The second kappa shape index (κ2) is 15.4. The van der Waals surface area contributed by atoms with Crippen molar-refractivity contribution < 1.29 is 9.47 Å². The molecule has 0 saturated carbocycles. The lowest BCUT2D eigenvalue weighted by Gasteiger charge is -2.20. The van der Waals surface area contributed by atoms with Gasteiger partial charge in [-0.3, -0.25) is 0 Å². The molecule has 1 saturated heterocycles. The molecule has 0 radical (unpaired) electrons. The molecule has 0 atom stereocenters. The van der Waals surface area contributed by atoms with Crippen LogP contribution in [0.3, 0.4) is 0 Å². The fraction of sp³-hybridized carbons (Fsp3) is 1.00. The first-order chi connectivity index (χ1) is 11.4. The van der Waals surface area contributed by atoms with Crippen molar-refractivity contribution in [2.75, 3.05) is 13.2 Å². The van der Waals surface area contributed by atoms with Gasteiger partial charge in [-0.1, -0.05) is 104 Å². The molecule has 0 N–H and O–H groups in total. The fourth-order valence-corrected chi connectivity index (χ4v) is 3.62. The van der Waals surface area contributed by atoms with Crippen LogP contribution in [0, 0.1) is 5.92 Å². The highest BCUT2D eigenvalue weighted by Crippen LogP contribution is 2.26. The Kier molecular flexibility index (Phi) is 14.1. The first-order valence-corrected chi connectivity index (χ1v) is 10.6. The van der Waals surface area contributed by atoms with E-state index < -0.39 is 0 Å². The van der Waals surface area contributed by atoms with Gasteiger partial charge < -0.3 is 9.47 Å². The first kappa shape index (κ1) is 21.0. The Morgan fingerprint density at radius 3 is 1.57 bits per heavy atom. The second-order valence-corrected chi connectivity index (χ2v) is 7.39. The molecule has 2 heteroatoms. The van der Waals surface area contributed by atoms with Crippen LogP contribution in [0.25, 0.3) is 0 Å². The van der Waals surface area contributed by atoms with Crippen LogP contribution in [-0.4, -0.2) is 19.5 Å². The standard InChI is InChI=1S/C21H42O2/c1-3-5-7-9-11-13-15-20(19-21-22-17-18-23-21)16-14-12-10-8-6-4-2/h20-21H,3-19H2,1-2H3. The lowest BCUT2D eigenvalue weighted by molar-refractivity contribution is -0.0585. The predicted octanol–water partition coefficient (Wildman–Crippen LogP) is 6.87. The molecule has 0 spiro atoms. The topological polar surface area (TPSA) is 18.5 Å². The van der Waals surface area contributed by atoms with E-state index in [1.54, 1.807) is 0 Å². The molecule has 1 rings (SSSR count). The van der Waals surface area contributed by atoms with Gasteiger partial charge in [0.25, 0.3) is 0 Å². The van der Waals surface area contributed by atoms with Crippen LogP contribution in [0.1, 0.15) is 110 Å². The number of unbranched alkanes of at least 4 members (excludes halogenated alkanes) is 10. The van der Waals surface area contributed by atoms with Crippen molar-refractivity contribution in [3.8, 4) is 0 Å². The third-order valence-corrected chi connectivity index (χ3v) is 5.15. The smallest absolute Gasteiger partial charge is 0.158 e. The fourth-order valence-electron chi connectivity index (χ4n) is 3.62. The molecule has 1 aliphatic rings. The van der Waals surface area contributed by atoms with Gasteiger partial charge in [-0.15, -0.1) is 0 Å². The van der Waals surface area contributed by atoms with Gasteiger partial charge >= 0.3 is 0 Å². The summed E-state index contributed by atoms with van der Waals surface area (Å²) in [5.41, 5.74) is 0. The quantitative estimate of drug-likeness (QED) is 0.288. The Morgan fingerprint density at radius 2 is 1.09 bits per heavy atom. The maximum absolute atomic E-state index is 5.68. The molecular formula is C21H42O2. The molecule has 0 amide bonds. The van der Waals surface area contributed by atoms with E-state index in [2.05, 4.69) is 13.8 Å². The summed E-state index contributed by atoms with van der Waals surface area (Å²) in [5.74, 6) is 0.815. The van der Waals surface area contributed by atoms with E-state index in [4.69, 9.17) is 9.47 Å². The van der Waals surface area contributed by atoms with E-state index in [-0.39, 0.29) is 6.29 Å². The highest BCUT2D eigenvalue weighted by molar-refractivity contribution is 4.65. The number of rotatable bonds is 16. The summed E-state index contributed by atoms with van der Waals surface area (Å²) in [6.07, 6.45) is 20.8. The Hall–Kier alpha value is -0.0800. The minimum Gasteiger partial charge on any atom is -0.350 e. The van der Waals surface area contributed by atoms with Crippen molar-refractivity contribution >= 4 is 0 Å². The molecule has 0 aromatic carbocycles. The van der Waals surface area contributed by atoms with Crippen molar-refractivity contribution in [3.63, 3.8) is 0 Å². The maximum Gasteiger partial charge on any atom is 0.158 e. The Morgan fingerprint density at radius 1 is 0.652 bits per heavy atom. The number of hydrogen-bond donors (Lipinski definition) is 0. The van der Waals surface area contributed by atoms with Crippen molar-refractivity contribution in [2.45, 2.75) is 116 Å². The normalized spacial score (nSPS) is 15.8. The van der Waals surface area contributed by atoms with E-state index in [9.17, 15) is 0 Å². The summed E-state index contributed by atoms with van der Waals surface area (Å²) < 4.78 is 11.4. The van der Waals surface area contributed by atoms with Crippen LogP contribution < -0.4 is 0 Å². The summed E-state index contributed by atoms with van der Waals surface area (Å²) >= 11 is 0. The second-order valence-electron chi connectivity index (χ2n) is 7.39. The molecule has 0 aliphatic carbocycles. The Labute approximate surface area is 145 Å². The first-order valence-electron chi connectivity index (χ1n) is 10.6. The van der Waals surface area contributed by atoms with E-state index in [0.717, 1.165) is 25.6 Å². The number of ether oxygens (including phenoxy) is 2. The zero-order valence-electron chi connectivity index (χ0n) is 16.0. The highest BCUT2D eigenvalue weighted by atomic mass is 16.7. The minimum atomic E-state index is 0.0974. The predicted molar refractivity (Wildman–Crippen MR) is 99.8 cm³/mol. The van der Waals surface area contributed by atoms with Gasteiger partial charge in [0.2, 0.25) is 0 Å². The monoisotopic (exact) mass is 326 g/mol. The van der Waals surface area contributed by atoms with Gasteiger partial charge in [0, 0.05) is 6.42 Å². The van der Waals surface area contributed by atoms with Crippen LogP contribution in [0.5, 0.6) is 0 Å². The molecule has 1 heterocycles. The van der Waals surface area contributed by atoms with Crippen LogP contribution in [-0.2, 0) is 9.47 Å². The largest absolute Gasteiger partial charge is 0.350 e. The average molecular weight is 327 g/mol. The molecule has 1 aliphatic heterocycles. The summed E-state index contributed by atoms with van der Waals surface area (Å²) in [6.45, 7) is 6.17. The van der Waals surface area contributed by atoms with Crippen molar-refractivity contribution in [1.29, 1.82) is 0 Å². The lowest BCUT2D eigenvalue weighted by Crippen LogP contribution is -2.15. The van der Waals surface area contributed by atoms with Gasteiger partial charge in [0.15, 0.2) is 6.29 Å². The third kappa shape index (κ3) is 12.0. The van der Waals surface area contributed by atoms with Crippen molar-refractivity contribution in [1.82, 2.24) is 0 Å². The number of hydrogen-bond acceptors (Lipinski definition) is 2. The van der Waals surface area contributed by atoms with Gasteiger partial charge in [0.1, 0.15) is 0 Å². The Balaban J connectivity index is 2.11. The summed E-state index contributed by atoms with van der Waals surface area (Å²) in [5, 5.41) is 0. The molecule has 0 unspecified atom stereocenters. The van der Waals surface area contributed by atoms with Crippen LogP contribution in [0.4, 0.5) is 0 Å². The zero-order valence-corrected chi connectivity index (χ0v) is 16.0. The summed E-state index contributed by atoms with van der Waals surface area (Å²) in [4.78, 5) is 0. The summed E-state index contributed by atoms with van der Waals surface area (Å²) in [7, 11) is 0. The molecule has 0 aromatic rings. The van der Waals surface area contributed by atoms with Crippen molar-refractivity contribution in [3.05, 3.63) is 0 Å². The van der Waals surface area contributed by atoms with Gasteiger partial charge in [-0.2, -0.15) is 0 Å². The molecular weight excluding hydrogens is 284 g/mol.